The molecule has 1 fully saturated rings. The maximum atomic E-state index is 12.1. The van der Waals surface area contributed by atoms with Crippen LogP contribution in [0.2, 0.25) is 0 Å². The van der Waals surface area contributed by atoms with Crippen LogP contribution in [-0.2, 0) is 11.3 Å². The molecular formula is C19H28N2O3. The third-order valence-electron chi connectivity index (χ3n) is 4.93. The highest BCUT2D eigenvalue weighted by Gasteiger charge is 2.19. The van der Waals surface area contributed by atoms with Crippen molar-refractivity contribution >= 4 is 5.91 Å². The van der Waals surface area contributed by atoms with Crippen molar-refractivity contribution in [1.29, 1.82) is 0 Å². The lowest BCUT2D eigenvalue weighted by molar-refractivity contribution is -0.121. The summed E-state index contributed by atoms with van der Waals surface area (Å²) < 4.78 is 11.3. The van der Waals surface area contributed by atoms with E-state index in [4.69, 9.17) is 9.47 Å². The average molecular weight is 332 g/mol. The Morgan fingerprint density at radius 3 is 2.88 bits per heavy atom. The minimum absolute atomic E-state index is 0.126. The smallest absolute Gasteiger partial charge is 0.220 e. The molecule has 24 heavy (non-hydrogen) atoms. The Kier molecular flexibility index (Phi) is 5.96. The van der Waals surface area contributed by atoms with Crippen LogP contribution in [0.4, 0.5) is 0 Å². The van der Waals surface area contributed by atoms with Crippen LogP contribution in [0.25, 0.3) is 0 Å². The summed E-state index contributed by atoms with van der Waals surface area (Å²) in [7, 11) is 2.17. The van der Waals surface area contributed by atoms with Crippen LogP contribution >= 0.6 is 0 Å². The van der Waals surface area contributed by atoms with Crippen molar-refractivity contribution < 1.29 is 14.3 Å². The molecule has 1 N–H and O–H groups in total. The first-order valence-corrected chi connectivity index (χ1v) is 9.08. The summed E-state index contributed by atoms with van der Waals surface area (Å²) in [6, 6.07) is 6.44. The molecule has 0 spiro atoms. The van der Waals surface area contributed by atoms with Crippen molar-refractivity contribution in [2.75, 3.05) is 26.8 Å². The first kappa shape index (κ1) is 17.1. The summed E-state index contributed by atoms with van der Waals surface area (Å²) in [5, 5.41) is 3.02. The number of rotatable bonds is 5. The van der Waals surface area contributed by atoms with E-state index >= 15 is 0 Å². The number of carbonyl (C=O) groups excluding carboxylic acids is 1. The summed E-state index contributed by atoms with van der Waals surface area (Å²) in [6.45, 7) is 3.07. The Labute approximate surface area is 144 Å². The maximum absolute atomic E-state index is 12.1. The van der Waals surface area contributed by atoms with E-state index < -0.39 is 0 Å². The Morgan fingerprint density at radius 1 is 1.21 bits per heavy atom. The van der Waals surface area contributed by atoms with Gasteiger partial charge in [0.2, 0.25) is 5.91 Å². The molecule has 0 radical (unpaired) electrons. The van der Waals surface area contributed by atoms with Crippen LogP contribution in [0.3, 0.4) is 0 Å². The van der Waals surface area contributed by atoms with Crippen LogP contribution in [-0.4, -0.2) is 43.7 Å². The molecule has 1 atom stereocenters. The topological polar surface area (TPSA) is 50.8 Å². The number of nitrogens with zero attached hydrogens (tertiary/aromatic N) is 1. The number of ether oxygens (including phenoxy) is 2. The van der Waals surface area contributed by atoms with Gasteiger partial charge in [0.05, 0.1) is 13.2 Å². The summed E-state index contributed by atoms with van der Waals surface area (Å²) >= 11 is 0. The van der Waals surface area contributed by atoms with Crippen LogP contribution in [0.5, 0.6) is 11.5 Å². The maximum Gasteiger partial charge on any atom is 0.220 e. The fourth-order valence-corrected chi connectivity index (χ4v) is 3.41. The number of likely N-dealkylation sites (tertiary alicyclic amines) is 1. The lowest BCUT2D eigenvalue weighted by Gasteiger charge is -2.32. The largest absolute Gasteiger partial charge is 0.490 e. The van der Waals surface area contributed by atoms with Crippen molar-refractivity contribution in [3.63, 3.8) is 0 Å². The highest BCUT2D eigenvalue weighted by molar-refractivity contribution is 5.75. The lowest BCUT2D eigenvalue weighted by Crippen LogP contribution is -2.37. The molecule has 2 aliphatic rings. The highest BCUT2D eigenvalue weighted by atomic mass is 16.5. The van der Waals surface area contributed by atoms with E-state index in [0.717, 1.165) is 36.4 Å². The van der Waals surface area contributed by atoms with Crippen LogP contribution < -0.4 is 14.8 Å². The summed E-state index contributed by atoms with van der Waals surface area (Å²) in [5.41, 5.74) is 1.04. The molecule has 2 heterocycles. The molecule has 0 aromatic heterocycles. The third kappa shape index (κ3) is 4.63. The molecule has 2 aliphatic heterocycles. The van der Waals surface area contributed by atoms with Crippen LogP contribution in [0, 0.1) is 0 Å². The predicted molar refractivity (Wildman–Crippen MR) is 93.4 cm³/mol. The number of piperidine rings is 1. The van der Waals surface area contributed by atoms with Gasteiger partial charge in [0.15, 0.2) is 11.5 Å². The molecule has 0 bridgehead atoms. The monoisotopic (exact) mass is 332 g/mol. The zero-order valence-electron chi connectivity index (χ0n) is 14.6. The van der Waals surface area contributed by atoms with Gasteiger partial charge < -0.3 is 19.7 Å². The van der Waals surface area contributed by atoms with Crippen molar-refractivity contribution in [1.82, 2.24) is 10.2 Å². The first-order valence-electron chi connectivity index (χ1n) is 9.08. The second-order valence-corrected chi connectivity index (χ2v) is 6.78. The zero-order valence-corrected chi connectivity index (χ0v) is 14.6. The standard InChI is InChI=1S/C19H28N2O3/c1-21-10-3-2-5-16(21)7-9-19(22)20-14-15-6-8-17-18(13-15)24-12-4-11-23-17/h6,8,13,16H,2-5,7,9-12,14H2,1H3,(H,20,22)/t16-/m1/s1. The molecule has 0 aliphatic carbocycles. The second kappa shape index (κ2) is 8.38. The van der Waals surface area contributed by atoms with E-state index in [1.54, 1.807) is 0 Å². The van der Waals surface area contributed by atoms with E-state index in [9.17, 15) is 4.79 Å². The fourth-order valence-electron chi connectivity index (χ4n) is 3.41. The van der Waals surface area contributed by atoms with Gasteiger partial charge in [-0.1, -0.05) is 12.5 Å². The molecule has 1 amide bonds. The summed E-state index contributed by atoms with van der Waals surface area (Å²) in [4.78, 5) is 14.5. The van der Waals surface area contributed by atoms with Gasteiger partial charge in [0.25, 0.3) is 0 Å². The summed E-state index contributed by atoms with van der Waals surface area (Å²) in [5.74, 6) is 1.70. The molecular weight excluding hydrogens is 304 g/mol. The minimum Gasteiger partial charge on any atom is -0.490 e. The normalized spacial score (nSPS) is 21.1. The van der Waals surface area contributed by atoms with Gasteiger partial charge in [-0.2, -0.15) is 0 Å². The second-order valence-electron chi connectivity index (χ2n) is 6.78. The Hall–Kier alpha value is -1.75. The molecule has 5 nitrogen and oxygen atoms in total. The zero-order chi connectivity index (χ0) is 16.8. The van der Waals surface area contributed by atoms with E-state index in [2.05, 4.69) is 17.3 Å². The number of hydrogen-bond acceptors (Lipinski definition) is 4. The van der Waals surface area contributed by atoms with E-state index in [1.807, 2.05) is 18.2 Å². The van der Waals surface area contributed by atoms with Crippen molar-refractivity contribution in [3.05, 3.63) is 23.8 Å². The fraction of sp³-hybridized carbons (Fsp3) is 0.632. The molecule has 0 unspecified atom stereocenters. The van der Waals surface area contributed by atoms with Gasteiger partial charge in [-0.25, -0.2) is 0 Å². The van der Waals surface area contributed by atoms with E-state index in [-0.39, 0.29) is 5.91 Å². The van der Waals surface area contributed by atoms with E-state index in [0.29, 0.717) is 32.2 Å². The molecule has 1 aromatic rings. The predicted octanol–water partition coefficient (Wildman–Crippen LogP) is 2.73. The number of carbonyl (C=O) groups is 1. The Balaban J connectivity index is 1.45. The number of nitrogens with one attached hydrogen (secondary N) is 1. The van der Waals surface area contributed by atoms with Crippen molar-refractivity contribution in [2.24, 2.45) is 0 Å². The Morgan fingerprint density at radius 2 is 2.04 bits per heavy atom. The lowest BCUT2D eigenvalue weighted by atomic mass is 9.98. The van der Waals surface area contributed by atoms with Gasteiger partial charge in [-0.3, -0.25) is 4.79 Å². The van der Waals surface area contributed by atoms with Gasteiger partial charge in [0, 0.05) is 25.4 Å². The molecule has 3 rings (SSSR count). The molecule has 132 valence electrons. The van der Waals surface area contributed by atoms with Gasteiger partial charge in [0.1, 0.15) is 0 Å². The van der Waals surface area contributed by atoms with Gasteiger partial charge in [-0.05, 0) is 50.6 Å². The Bertz CT molecular complexity index is 562. The molecule has 0 saturated carbocycles. The SMILES string of the molecule is CN1CCCC[C@@H]1CCC(=O)NCc1ccc2c(c1)OCCCO2. The highest BCUT2D eigenvalue weighted by Crippen LogP contribution is 2.30. The average Bonchev–Trinajstić information content (AvgIpc) is 2.84. The number of fused-ring (bicyclic) bond motifs is 1. The molecule has 5 heteroatoms. The van der Waals surface area contributed by atoms with Gasteiger partial charge >= 0.3 is 0 Å². The molecule has 1 aromatic carbocycles. The first-order chi connectivity index (χ1) is 11.7. The van der Waals surface area contributed by atoms with Crippen molar-refractivity contribution in [2.45, 2.75) is 51.1 Å². The quantitative estimate of drug-likeness (QED) is 0.901. The number of amides is 1. The minimum atomic E-state index is 0.126. The number of hydrogen-bond donors (Lipinski definition) is 1. The third-order valence-corrected chi connectivity index (χ3v) is 4.93. The molecule has 1 saturated heterocycles. The summed E-state index contributed by atoms with van der Waals surface area (Å²) in [6.07, 6.45) is 6.22. The van der Waals surface area contributed by atoms with Crippen LogP contribution in [0.1, 0.15) is 44.1 Å². The van der Waals surface area contributed by atoms with Crippen LogP contribution in [0.15, 0.2) is 18.2 Å². The van der Waals surface area contributed by atoms with Crippen molar-refractivity contribution in [3.8, 4) is 11.5 Å². The van der Waals surface area contributed by atoms with E-state index in [1.165, 1.54) is 19.3 Å². The van der Waals surface area contributed by atoms with Gasteiger partial charge in [-0.15, -0.1) is 0 Å². The number of benzene rings is 1.